The summed E-state index contributed by atoms with van der Waals surface area (Å²) in [5.74, 6) is -1.54. The number of hydrogen-bond acceptors (Lipinski definition) is 6. The predicted molar refractivity (Wildman–Crippen MR) is 94.2 cm³/mol. The van der Waals surface area contributed by atoms with Gasteiger partial charge in [0.05, 0.1) is 11.5 Å². The van der Waals surface area contributed by atoms with Crippen molar-refractivity contribution < 1.29 is 27.9 Å². The first kappa shape index (κ1) is 21.6. The molecule has 2 atom stereocenters. The summed E-state index contributed by atoms with van der Waals surface area (Å²) < 4.78 is 32.2. The fourth-order valence-corrected chi connectivity index (χ4v) is 3.17. The van der Waals surface area contributed by atoms with Gasteiger partial charge in [0.25, 0.3) is 5.91 Å². The van der Waals surface area contributed by atoms with Crippen molar-refractivity contribution in [3.05, 3.63) is 28.7 Å². The molecule has 0 radical (unpaired) electrons. The van der Waals surface area contributed by atoms with Gasteiger partial charge in [0.15, 0.2) is 6.10 Å². The van der Waals surface area contributed by atoms with E-state index in [4.69, 9.17) is 4.74 Å². The number of rotatable bonds is 9. The fraction of sp³-hybridized carbons (Fsp3) is 0.467. The molecule has 25 heavy (non-hydrogen) atoms. The van der Waals surface area contributed by atoms with E-state index in [0.717, 1.165) is 6.42 Å². The lowest BCUT2D eigenvalue weighted by Gasteiger charge is -2.19. The van der Waals surface area contributed by atoms with Crippen molar-refractivity contribution in [2.75, 3.05) is 13.2 Å². The van der Waals surface area contributed by atoms with E-state index in [1.54, 1.807) is 0 Å². The minimum absolute atomic E-state index is 0.0734. The summed E-state index contributed by atoms with van der Waals surface area (Å²) in [7, 11) is -4.04. The average Bonchev–Trinajstić information content (AvgIpc) is 2.57. The van der Waals surface area contributed by atoms with Gasteiger partial charge in [0, 0.05) is 11.0 Å². The lowest BCUT2D eigenvalue weighted by molar-refractivity contribution is -0.157. The van der Waals surface area contributed by atoms with Gasteiger partial charge in [-0.25, -0.2) is 8.42 Å². The van der Waals surface area contributed by atoms with Gasteiger partial charge in [-0.15, -0.1) is 0 Å². The van der Waals surface area contributed by atoms with Gasteiger partial charge in [0.2, 0.25) is 10.0 Å². The predicted octanol–water partition coefficient (Wildman–Crippen LogP) is 0.546. The Bertz CT molecular complexity index is 692. The van der Waals surface area contributed by atoms with Crippen molar-refractivity contribution in [3.63, 3.8) is 0 Å². The zero-order valence-corrected chi connectivity index (χ0v) is 16.3. The zero-order chi connectivity index (χ0) is 19.0. The minimum Gasteiger partial charge on any atom is -0.451 e. The molecule has 0 aliphatic carbocycles. The van der Waals surface area contributed by atoms with Gasteiger partial charge in [-0.2, -0.15) is 4.72 Å². The van der Waals surface area contributed by atoms with Crippen LogP contribution in [-0.4, -0.2) is 50.7 Å². The molecule has 10 heteroatoms. The van der Waals surface area contributed by atoms with Crippen molar-refractivity contribution in [3.8, 4) is 0 Å². The summed E-state index contributed by atoms with van der Waals surface area (Å²) >= 11 is 3.19. The quantitative estimate of drug-likeness (QED) is 0.485. The maximum absolute atomic E-state index is 12.3. The van der Waals surface area contributed by atoms with Crippen LogP contribution in [0.3, 0.4) is 0 Å². The van der Waals surface area contributed by atoms with E-state index in [-0.39, 0.29) is 4.90 Å². The normalized spacial score (nSPS) is 13.8. The Morgan fingerprint density at radius 1 is 1.28 bits per heavy atom. The molecule has 0 spiro atoms. The number of amides is 1. The maximum Gasteiger partial charge on any atom is 0.327 e. The molecule has 0 aromatic heterocycles. The standard InChI is InChI=1S/C15H21BrN2O6S/c1-3-8-17-14(20)10(2)24-15(21)13(9-19)18-25(22,23)12-6-4-11(16)5-7-12/h4-7,10,13,18-19H,3,8-9H2,1-2H3,(H,17,20). The number of esters is 1. The first-order valence-corrected chi connectivity index (χ1v) is 9.85. The summed E-state index contributed by atoms with van der Waals surface area (Å²) in [6, 6.07) is 4.22. The molecule has 0 heterocycles. The highest BCUT2D eigenvalue weighted by molar-refractivity contribution is 9.10. The number of carbonyl (C=O) groups excluding carboxylic acids is 2. The van der Waals surface area contributed by atoms with E-state index in [2.05, 4.69) is 26.0 Å². The molecule has 1 aromatic carbocycles. The molecule has 0 bridgehead atoms. The van der Waals surface area contributed by atoms with Gasteiger partial charge in [-0.3, -0.25) is 9.59 Å². The number of halogens is 1. The topological polar surface area (TPSA) is 122 Å². The van der Waals surface area contributed by atoms with Crippen LogP contribution in [0.5, 0.6) is 0 Å². The minimum atomic E-state index is -4.04. The average molecular weight is 437 g/mol. The smallest absolute Gasteiger partial charge is 0.327 e. The van der Waals surface area contributed by atoms with Crippen molar-refractivity contribution in [1.82, 2.24) is 10.0 Å². The van der Waals surface area contributed by atoms with Crippen LogP contribution in [0.25, 0.3) is 0 Å². The highest BCUT2D eigenvalue weighted by Gasteiger charge is 2.29. The van der Waals surface area contributed by atoms with E-state index in [1.807, 2.05) is 6.92 Å². The van der Waals surface area contributed by atoms with Crippen molar-refractivity contribution in [2.45, 2.75) is 37.3 Å². The Kier molecular flexibility index (Phi) is 8.50. The number of nitrogens with one attached hydrogen (secondary N) is 2. The second-order valence-electron chi connectivity index (χ2n) is 5.18. The van der Waals surface area contributed by atoms with Crippen molar-refractivity contribution in [1.29, 1.82) is 0 Å². The maximum atomic E-state index is 12.3. The Hall–Kier alpha value is -1.49. The summed E-state index contributed by atoms with van der Waals surface area (Å²) in [4.78, 5) is 23.6. The van der Waals surface area contributed by atoms with Gasteiger partial charge >= 0.3 is 5.97 Å². The lowest BCUT2D eigenvalue weighted by atomic mass is 10.3. The molecule has 0 saturated carbocycles. The molecule has 1 aromatic rings. The molecule has 0 aliphatic rings. The van der Waals surface area contributed by atoms with Gasteiger partial charge in [0.1, 0.15) is 6.04 Å². The Morgan fingerprint density at radius 3 is 2.40 bits per heavy atom. The number of sulfonamides is 1. The van der Waals surface area contributed by atoms with E-state index >= 15 is 0 Å². The highest BCUT2D eigenvalue weighted by atomic mass is 79.9. The van der Waals surface area contributed by atoms with Crippen LogP contribution in [0.1, 0.15) is 20.3 Å². The second kappa shape index (κ2) is 9.85. The van der Waals surface area contributed by atoms with Crippen molar-refractivity contribution >= 4 is 37.8 Å². The van der Waals surface area contributed by atoms with E-state index < -0.39 is 40.7 Å². The number of carbonyl (C=O) groups is 2. The molecule has 0 aliphatic heterocycles. The molecular formula is C15H21BrN2O6S. The van der Waals surface area contributed by atoms with Crippen molar-refractivity contribution in [2.24, 2.45) is 0 Å². The van der Waals surface area contributed by atoms with Crippen LogP contribution in [0.15, 0.2) is 33.6 Å². The summed E-state index contributed by atoms with van der Waals surface area (Å²) in [6.07, 6.45) is -0.385. The number of ether oxygens (including phenoxy) is 1. The Balaban J connectivity index is 2.75. The molecule has 1 rings (SSSR count). The largest absolute Gasteiger partial charge is 0.451 e. The van der Waals surface area contributed by atoms with E-state index in [9.17, 15) is 23.1 Å². The lowest BCUT2D eigenvalue weighted by Crippen LogP contribution is -2.47. The third-order valence-electron chi connectivity index (χ3n) is 3.10. The highest BCUT2D eigenvalue weighted by Crippen LogP contribution is 2.15. The molecule has 0 fully saturated rings. The van der Waals surface area contributed by atoms with Crippen LogP contribution >= 0.6 is 15.9 Å². The van der Waals surface area contributed by atoms with Crippen LogP contribution in [0.4, 0.5) is 0 Å². The van der Waals surface area contributed by atoms with Crippen LogP contribution < -0.4 is 10.0 Å². The van der Waals surface area contributed by atoms with Crippen LogP contribution in [0.2, 0.25) is 0 Å². The van der Waals surface area contributed by atoms with Crippen LogP contribution in [0, 0.1) is 0 Å². The Morgan fingerprint density at radius 2 is 1.88 bits per heavy atom. The molecule has 3 N–H and O–H groups in total. The molecule has 8 nitrogen and oxygen atoms in total. The summed E-state index contributed by atoms with van der Waals surface area (Å²) in [6.45, 7) is 2.86. The number of aliphatic hydroxyl groups excluding tert-OH is 1. The SMILES string of the molecule is CCCNC(=O)C(C)OC(=O)C(CO)NS(=O)(=O)c1ccc(Br)cc1. The van der Waals surface area contributed by atoms with Crippen LogP contribution in [-0.2, 0) is 24.3 Å². The second-order valence-corrected chi connectivity index (χ2v) is 7.81. The number of benzene rings is 1. The van der Waals surface area contributed by atoms with E-state index in [1.165, 1.54) is 31.2 Å². The number of aliphatic hydroxyl groups is 1. The van der Waals surface area contributed by atoms with Gasteiger partial charge in [-0.1, -0.05) is 22.9 Å². The van der Waals surface area contributed by atoms with Gasteiger partial charge in [-0.05, 0) is 37.6 Å². The molecule has 0 saturated heterocycles. The number of hydrogen-bond donors (Lipinski definition) is 3. The Labute approximate surface area is 155 Å². The van der Waals surface area contributed by atoms with E-state index in [0.29, 0.717) is 11.0 Å². The molecule has 1 amide bonds. The first-order chi connectivity index (χ1) is 11.7. The monoisotopic (exact) mass is 436 g/mol. The summed E-state index contributed by atoms with van der Waals surface area (Å²) in [5.41, 5.74) is 0. The molecular weight excluding hydrogens is 416 g/mol. The molecule has 2 unspecified atom stereocenters. The third kappa shape index (κ3) is 6.73. The third-order valence-corrected chi connectivity index (χ3v) is 5.12. The fourth-order valence-electron chi connectivity index (χ4n) is 1.73. The zero-order valence-electron chi connectivity index (χ0n) is 13.9. The molecule has 140 valence electrons. The summed E-state index contributed by atoms with van der Waals surface area (Å²) in [5, 5.41) is 11.9. The van der Waals surface area contributed by atoms with Gasteiger partial charge < -0.3 is 15.2 Å². The first-order valence-electron chi connectivity index (χ1n) is 7.58.